The fourth-order valence-corrected chi connectivity index (χ4v) is 4.71. The number of aliphatic hydroxyl groups is 1. The first-order chi connectivity index (χ1) is 18.3. The maximum Gasteiger partial charge on any atom is 0.271 e. The molecule has 1 aliphatic rings. The van der Waals surface area contributed by atoms with Crippen LogP contribution in [0.25, 0.3) is 11.1 Å². The van der Waals surface area contributed by atoms with E-state index in [1.807, 2.05) is 17.7 Å². The van der Waals surface area contributed by atoms with Gasteiger partial charge in [-0.2, -0.15) is 0 Å². The van der Waals surface area contributed by atoms with Gasteiger partial charge in [0.15, 0.2) is 0 Å². The number of nitrogens with one attached hydrogen (secondary N) is 1. The van der Waals surface area contributed by atoms with Crippen molar-refractivity contribution in [3.8, 4) is 11.1 Å². The standard InChI is InChI=1S/C27H30ClFN6O3/c1-16(9-30)26(31-2)33-25-8-22(23(28)10-32-25)19-7-24-27(37)35(21(15-38-3)13-34(24)11-19)12-18-6-20(29)5-4-17(18)14-36/h4-11,21,36H,12-15,30H2,1-3H3,(H,31,32,33)/t21-/m1/s1. The summed E-state index contributed by atoms with van der Waals surface area (Å²) < 4.78 is 21.3. The van der Waals surface area contributed by atoms with E-state index in [1.54, 1.807) is 31.2 Å². The fourth-order valence-electron chi connectivity index (χ4n) is 4.50. The summed E-state index contributed by atoms with van der Waals surface area (Å²) in [5.41, 5.74) is 9.39. The van der Waals surface area contributed by atoms with Gasteiger partial charge < -0.3 is 30.4 Å². The Hall–Kier alpha value is -3.73. The summed E-state index contributed by atoms with van der Waals surface area (Å²) in [4.78, 5) is 23.9. The number of amides is 1. The van der Waals surface area contributed by atoms with E-state index in [0.717, 1.165) is 11.1 Å². The Morgan fingerprint density at radius 1 is 1.37 bits per heavy atom. The summed E-state index contributed by atoms with van der Waals surface area (Å²) in [5, 5.41) is 13.3. The highest BCUT2D eigenvalue weighted by Gasteiger charge is 2.34. The second-order valence-corrected chi connectivity index (χ2v) is 9.38. The Morgan fingerprint density at radius 2 is 2.16 bits per heavy atom. The first-order valence-corrected chi connectivity index (χ1v) is 12.3. The molecule has 4 rings (SSSR count). The van der Waals surface area contributed by atoms with Gasteiger partial charge in [0.05, 0.1) is 24.3 Å². The average Bonchev–Trinajstić information content (AvgIpc) is 3.34. The molecule has 0 unspecified atom stereocenters. The lowest BCUT2D eigenvalue weighted by atomic mass is 10.0. The Balaban J connectivity index is 1.68. The third-order valence-corrected chi connectivity index (χ3v) is 6.82. The number of nitrogens with zero attached hydrogens (tertiary/aromatic N) is 4. The zero-order valence-corrected chi connectivity index (χ0v) is 22.2. The number of fused-ring (bicyclic) bond motifs is 1. The van der Waals surface area contributed by atoms with Crippen LogP contribution in [-0.4, -0.2) is 58.1 Å². The number of aromatic nitrogens is 2. The molecule has 0 radical (unpaired) electrons. The maximum atomic E-state index is 14.0. The Labute approximate surface area is 225 Å². The van der Waals surface area contributed by atoms with E-state index in [-0.39, 0.29) is 25.1 Å². The minimum absolute atomic E-state index is 0.137. The largest absolute Gasteiger partial charge is 0.404 e. The van der Waals surface area contributed by atoms with Crippen molar-refractivity contribution < 1.29 is 19.0 Å². The minimum atomic E-state index is -0.430. The smallest absolute Gasteiger partial charge is 0.271 e. The van der Waals surface area contributed by atoms with Crippen LogP contribution in [-0.2, 0) is 24.4 Å². The zero-order chi connectivity index (χ0) is 27.4. The third-order valence-electron chi connectivity index (χ3n) is 6.52. The van der Waals surface area contributed by atoms with E-state index in [0.29, 0.717) is 52.2 Å². The van der Waals surface area contributed by atoms with Gasteiger partial charge >= 0.3 is 0 Å². The van der Waals surface area contributed by atoms with E-state index >= 15 is 0 Å². The predicted octanol–water partition coefficient (Wildman–Crippen LogP) is 3.81. The van der Waals surface area contributed by atoms with Gasteiger partial charge in [-0.05, 0) is 42.3 Å². The Morgan fingerprint density at radius 3 is 2.84 bits per heavy atom. The number of carbonyl (C=O) groups excluding carboxylic acids is 1. The molecule has 0 aliphatic carbocycles. The first-order valence-electron chi connectivity index (χ1n) is 12.0. The number of benzene rings is 1. The molecule has 3 heterocycles. The second-order valence-electron chi connectivity index (χ2n) is 8.98. The molecule has 0 bridgehead atoms. The summed E-state index contributed by atoms with van der Waals surface area (Å²) in [6, 6.07) is 7.44. The molecule has 0 saturated carbocycles. The number of nitrogens with two attached hydrogens (primary N) is 1. The molecule has 1 atom stereocenters. The molecule has 1 aliphatic heterocycles. The van der Waals surface area contributed by atoms with Crippen LogP contribution >= 0.6 is 11.6 Å². The summed E-state index contributed by atoms with van der Waals surface area (Å²) in [5.74, 6) is 0.423. The van der Waals surface area contributed by atoms with Gasteiger partial charge in [0.25, 0.3) is 5.91 Å². The molecule has 200 valence electrons. The van der Waals surface area contributed by atoms with Crippen molar-refractivity contribution in [1.29, 1.82) is 0 Å². The number of hydrogen-bond donors (Lipinski definition) is 3. The van der Waals surface area contributed by atoms with Crippen LogP contribution < -0.4 is 11.1 Å². The SMILES string of the molecule is CN=C(Nc1cc(-c2cc3n(c2)C[C@H](COC)N(Cc2cc(F)ccc2CO)C3=O)c(Cl)cn1)C(C)=CN. The van der Waals surface area contributed by atoms with Gasteiger partial charge in [0.1, 0.15) is 23.2 Å². The number of anilines is 1. The first kappa shape index (κ1) is 27.3. The number of halogens is 2. The van der Waals surface area contributed by atoms with Crippen molar-refractivity contribution in [3.63, 3.8) is 0 Å². The number of hydrogen-bond acceptors (Lipinski definition) is 6. The monoisotopic (exact) mass is 540 g/mol. The van der Waals surface area contributed by atoms with Crippen molar-refractivity contribution >= 4 is 29.2 Å². The molecule has 9 nitrogen and oxygen atoms in total. The van der Waals surface area contributed by atoms with Crippen molar-refractivity contribution in [3.05, 3.63) is 82.2 Å². The highest BCUT2D eigenvalue weighted by molar-refractivity contribution is 6.33. The Bertz CT molecular complexity index is 1400. The number of rotatable bonds is 8. The van der Waals surface area contributed by atoms with Gasteiger partial charge in [-0.3, -0.25) is 9.79 Å². The highest BCUT2D eigenvalue weighted by Crippen LogP contribution is 2.33. The Kier molecular flexibility index (Phi) is 8.45. The van der Waals surface area contributed by atoms with Gasteiger partial charge in [0.2, 0.25) is 0 Å². The van der Waals surface area contributed by atoms with Crippen LogP contribution in [0.5, 0.6) is 0 Å². The third kappa shape index (κ3) is 5.57. The van der Waals surface area contributed by atoms with Gasteiger partial charge in [0, 0.05) is 62.5 Å². The topological polar surface area (TPSA) is 118 Å². The lowest BCUT2D eigenvalue weighted by molar-refractivity contribution is 0.0386. The van der Waals surface area contributed by atoms with Gasteiger partial charge in [-0.25, -0.2) is 9.37 Å². The number of aliphatic hydroxyl groups excluding tert-OH is 1. The van der Waals surface area contributed by atoms with E-state index in [1.165, 1.54) is 30.6 Å². The maximum absolute atomic E-state index is 14.0. The fraction of sp³-hybridized carbons (Fsp3) is 0.296. The van der Waals surface area contributed by atoms with E-state index in [2.05, 4.69) is 15.3 Å². The van der Waals surface area contributed by atoms with Crippen LogP contribution in [0, 0.1) is 5.82 Å². The lowest BCUT2D eigenvalue weighted by Gasteiger charge is -2.36. The van der Waals surface area contributed by atoms with Gasteiger partial charge in [-0.1, -0.05) is 17.7 Å². The molecule has 0 saturated heterocycles. The molecule has 38 heavy (non-hydrogen) atoms. The van der Waals surface area contributed by atoms with Crippen LogP contribution in [0.15, 0.2) is 59.5 Å². The van der Waals surface area contributed by atoms with Crippen molar-refractivity contribution in [2.75, 3.05) is 26.1 Å². The molecule has 1 aromatic carbocycles. The quantitative estimate of drug-likeness (QED) is 0.295. The molecule has 3 aromatic rings. The number of ether oxygens (including phenoxy) is 1. The number of amidine groups is 1. The van der Waals surface area contributed by atoms with Crippen molar-refractivity contribution in [1.82, 2.24) is 14.5 Å². The number of carbonyl (C=O) groups is 1. The van der Waals surface area contributed by atoms with Crippen LogP contribution in [0.1, 0.15) is 28.5 Å². The minimum Gasteiger partial charge on any atom is -0.404 e. The number of methoxy groups -OCH3 is 1. The predicted molar refractivity (Wildman–Crippen MR) is 145 cm³/mol. The average molecular weight is 541 g/mol. The summed E-state index contributed by atoms with van der Waals surface area (Å²) in [6.07, 6.45) is 4.86. The van der Waals surface area contributed by atoms with Crippen LogP contribution in [0.4, 0.5) is 10.2 Å². The highest BCUT2D eigenvalue weighted by atomic mass is 35.5. The molecular formula is C27H30ClFN6O3. The summed E-state index contributed by atoms with van der Waals surface area (Å²) in [7, 11) is 3.22. The zero-order valence-electron chi connectivity index (χ0n) is 21.4. The van der Waals surface area contributed by atoms with Crippen molar-refractivity contribution in [2.45, 2.75) is 32.7 Å². The molecule has 4 N–H and O–H groups in total. The molecule has 11 heteroatoms. The van der Waals surface area contributed by atoms with Crippen LogP contribution in [0.3, 0.4) is 0 Å². The molecule has 2 aromatic heterocycles. The van der Waals surface area contributed by atoms with Crippen LogP contribution in [0.2, 0.25) is 5.02 Å². The molecule has 0 spiro atoms. The summed E-state index contributed by atoms with van der Waals surface area (Å²) in [6.45, 7) is 2.47. The summed E-state index contributed by atoms with van der Waals surface area (Å²) >= 11 is 6.52. The number of aliphatic imine (C=N–C) groups is 1. The molecular weight excluding hydrogens is 511 g/mol. The van der Waals surface area contributed by atoms with E-state index in [9.17, 15) is 14.3 Å². The second kappa shape index (κ2) is 11.8. The molecule has 1 amide bonds. The lowest BCUT2D eigenvalue weighted by Crippen LogP contribution is -2.49. The normalized spacial score (nSPS) is 16.1. The van der Waals surface area contributed by atoms with Gasteiger partial charge in [-0.15, -0.1) is 0 Å². The number of pyridine rings is 1. The van der Waals surface area contributed by atoms with E-state index in [4.69, 9.17) is 22.1 Å². The molecule has 0 fully saturated rings. The van der Waals surface area contributed by atoms with Crippen molar-refractivity contribution in [2.24, 2.45) is 10.7 Å². The van der Waals surface area contributed by atoms with E-state index < -0.39 is 5.82 Å².